The van der Waals surface area contributed by atoms with E-state index in [-0.39, 0.29) is 11.0 Å². The Morgan fingerprint density at radius 3 is 1.37 bits per heavy atom. The van der Waals surface area contributed by atoms with Crippen LogP contribution in [0.25, 0.3) is 121 Å². The molecule has 346 valence electrons. The zero-order valence-electron chi connectivity index (χ0n) is 41.2. The summed E-state index contributed by atoms with van der Waals surface area (Å²) in [5.74, 6) is 0. The molecule has 1 aliphatic carbocycles. The summed E-state index contributed by atoms with van der Waals surface area (Å²) >= 11 is 0. The van der Waals surface area contributed by atoms with Gasteiger partial charge in [-0.05, 0) is 172 Å². The fourth-order valence-corrected chi connectivity index (χ4v) is 13.9. The first-order valence-corrected chi connectivity index (χ1v) is 26.2. The van der Waals surface area contributed by atoms with Crippen LogP contribution >= 0.6 is 0 Å². The van der Waals surface area contributed by atoms with E-state index in [0.717, 1.165) is 28.9 Å². The van der Waals surface area contributed by atoms with Gasteiger partial charge in [-0.15, -0.1) is 0 Å². The Labute approximate surface area is 426 Å². The Morgan fingerprint density at radius 1 is 0.356 bits per heavy atom. The highest BCUT2D eigenvalue weighted by molar-refractivity contribution is 6.33. The maximum Gasteiger partial charge on any atom is 0.0715 e. The van der Waals surface area contributed by atoms with E-state index in [4.69, 9.17) is 4.98 Å². The van der Waals surface area contributed by atoms with E-state index in [2.05, 4.69) is 249 Å². The molecule has 0 N–H and O–H groups in total. The van der Waals surface area contributed by atoms with E-state index in [1.807, 2.05) is 0 Å². The lowest BCUT2D eigenvalue weighted by Crippen LogP contribution is -2.54. The minimum atomic E-state index is -0.0243. The van der Waals surface area contributed by atoms with Gasteiger partial charge in [-0.3, -0.25) is 0 Å². The molecular formula is C71H52N2. The lowest BCUT2D eigenvalue weighted by molar-refractivity contribution is 0.195. The Hall–Kier alpha value is -8.59. The molecule has 2 aliphatic rings. The van der Waals surface area contributed by atoms with Crippen molar-refractivity contribution in [2.45, 2.75) is 50.5 Å². The van der Waals surface area contributed by atoms with E-state index >= 15 is 0 Å². The van der Waals surface area contributed by atoms with Gasteiger partial charge in [-0.2, -0.15) is 0 Å². The molecule has 1 fully saturated rings. The van der Waals surface area contributed by atoms with E-state index in [1.54, 1.807) is 0 Å². The molecule has 2 nitrogen and oxygen atoms in total. The van der Waals surface area contributed by atoms with E-state index in [9.17, 15) is 0 Å². The zero-order valence-corrected chi connectivity index (χ0v) is 41.2. The second kappa shape index (κ2) is 16.0. The molecule has 0 spiro atoms. The number of aromatic nitrogens is 1. The monoisotopic (exact) mass is 932 g/mol. The Bertz CT molecular complexity index is 4260. The first kappa shape index (κ1) is 42.1. The lowest BCUT2D eigenvalue weighted by Gasteiger charge is -2.50. The fraction of sp³-hybridized carbons (Fsp3) is 0.113. The van der Waals surface area contributed by atoms with Gasteiger partial charge >= 0.3 is 0 Å². The van der Waals surface area contributed by atoms with Crippen LogP contribution in [0.1, 0.15) is 45.1 Å². The fourth-order valence-electron chi connectivity index (χ4n) is 13.9. The number of hydrogen-bond donors (Lipinski definition) is 0. The van der Waals surface area contributed by atoms with Gasteiger partial charge in [0.15, 0.2) is 0 Å². The first-order chi connectivity index (χ1) is 35.9. The molecule has 15 rings (SSSR count). The molecule has 0 radical (unpaired) electrons. The van der Waals surface area contributed by atoms with Crippen molar-refractivity contribution in [2.24, 2.45) is 0 Å². The summed E-state index contributed by atoms with van der Waals surface area (Å²) in [6, 6.07) is 86.3. The lowest BCUT2D eigenvalue weighted by atomic mass is 9.61. The standard InChI is InChI=1S/C71H52N2/c1-70-40-12-13-41-71(70,2)73(49-24-4-3-5-25-49)67-39-34-48(42-64(67)70)65-32-17-33-66(72-65)63-44-62(55-31-16-23-47-20-8-11-28-52(47)55)58-36-35-56-60(53-29-14-21-45-18-6-9-26-50(45)53)43-61(57-37-38-59(63)69(58)68(56)57)54-30-15-22-46-19-7-10-27-51(46)54/h3-11,14-39,42-44H,12-13,40-41H2,1-2H3. The Balaban J connectivity index is 1.01. The van der Waals surface area contributed by atoms with Gasteiger partial charge in [-0.25, -0.2) is 4.98 Å². The maximum absolute atomic E-state index is 5.72. The van der Waals surface area contributed by atoms with Crippen LogP contribution in [0.5, 0.6) is 0 Å². The van der Waals surface area contributed by atoms with Crippen molar-refractivity contribution in [3.05, 3.63) is 236 Å². The van der Waals surface area contributed by atoms with E-state index in [0.29, 0.717) is 0 Å². The summed E-state index contributed by atoms with van der Waals surface area (Å²) in [5.41, 5.74) is 15.7. The molecule has 1 saturated carbocycles. The van der Waals surface area contributed by atoms with Crippen LogP contribution in [0, 0.1) is 0 Å². The second-order valence-corrected chi connectivity index (χ2v) is 21.2. The third kappa shape index (κ3) is 6.14. The zero-order chi connectivity index (χ0) is 48.4. The quantitative estimate of drug-likeness (QED) is 0.154. The molecule has 0 saturated heterocycles. The van der Waals surface area contributed by atoms with Crippen molar-refractivity contribution in [3.63, 3.8) is 0 Å². The SMILES string of the molecule is CC12CCCCC1(C)N(c1ccccc1)c1ccc(-c3cccc(-c4cc(-c5cccc6ccccc56)c5ccc6c(-c7cccc8ccccc78)cc(-c7cccc8ccccc78)c7ccc4c5c76)n3)cc12. The van der Waals surface area contributed by atoms with Crippen molar-refractivity contribution in [2.75, 3.05) is 4.90 Å². The summed E-state index contributed by atoms with van der Waals surface area (Å²) in [6.45, 7) is 5.04. The molecule has 2 heterocycles. The van der Waals surface area contributed by atoms with Gasteiger partial charge in [0.2, 0.25) is 0 Å². The molecule has 13 aromatic rings. The van der Waals surface area contributed by atoms with Crippen LogP contribution < -0.4 is 4.90 Å². The number of para-hydroxylation sites is 1. The summed E-state index contributed by atoms with van der Waals surface area (Å²) in [6.07, 6.45) is 4.82. The average Bonchev–Trinajstić information content (AvgIpc) is 3.70. The van der Waals surface area contributed by atoms with Gasteiger partial charge < -0.3 is 4.90 Å². The number of fused-ring (bicyclic) bond motifs is 6. The minimum absolute atomic E-state index is 0.000733. The molecule has 12 aromatic carbocycles. The first-order valence-electron chi connectivity index (χ1n) is 26.2. The van der Waals surface area contributed by atoms with Crippen LogP contribution in [-0.2, 0) is 5.41 Å². The van der Waals surface area contributed by atoms with Crippen molar-refractivity contribution < 1.29 is 0 Å². The van der Waals surface area contributed by atoms with Gasteiger partial charge in [0.05, 0.1) is 16.9 Å². The number of nitrogens with zero attached hydrogens (tertiary/aromatic N) is 2. The highest BCUT2D eigenvalue weighted by Crippen LogP contribution is 2.61. The van der Waals surface area contributed by atoms with Crippen LogP contribution in [0.3, 0.4) is 0 Å². The molecule has 2 heteroatoms. The topological polar surface area (TPSA) is 16.1 Å². The van der Waals surface area contributed by atoms with Crippen molar-refractivity contribution in [1.82, 2.24) is 4.98 Å². The van der Waals surface area contributed by atoms with Crippen LogP contribution in [0.4, 0.5) is 11.4 Å². The maximum atomic E-state index is 5.72. The molecule has 0 amide bonds. The second-order valence-electron chi connectivity index (χ2n) is 21.2. The van der Waals surface area contributed by atoms with Gasteiger partial charge in [0.1, 0.15) is 0 Å². The van der Waals surface area contributed by atoms with Crippen LogP contribution in [-0.4, -0.2) is 10.5 Å². The molecular weight excluding hydrogens is 881 g/mol. The Morgan fingerprint density at radius 2 is 0.808 bits per heavy atom. The van der Waals surface area contributed by atoms with Gasteiger partial charge in [-0.1, -0.05) is 202 Å². The average molecular weight is 933 g/mol. The number of hydrogen-bond acceptors (Lipinski definition) is 2. The van der Waals surface area contributed by atoms with E-state index in [1.165, 1.54) is 134 Å². The normalized spacial score (nSPS) is 17.6. The highest BCUT2D eigenvalue weighted by atomic mass is 15.3. The smallest absolute Gasteiger partial charge is 0.0715 e. The number of benzene rings is 12. The van der Waals surface area contributed by atoms with Crippen molar-refractivity contribution in [1.29, 1.82) is 0 Å². The Kier molecular flexibility index (Phi) is 9.21. The third-order valence-electron chi connectivity index (χ3n) is 17.6. The molecule has 2 atom stereocenters. The van der Waals surface area contributed by atoms with Gasteiger partial charge in [0.25, 0.3) is 0 Å². The van der Waals surface area contributed by atoms with Crippen molar-refractivity contribution >= 4 is 76.0 Å². The molecule has 1 aromatic heterocycles. The van der Waals surface area contributed by atoms with Crippen LogP contribution in [0.15, 0.2) is 231 Å². The summed E-state index contributed by atoms with van der Waals surface area (Å²) in [7, 11) is 0. The molecule has 73 heavy (non-hydrogen) atoms. The van der Waals surface area contributed by atoms with Crippen molar-refractivity contribution in [3.8, 4) is 55.9 Å². The molecule has 2 unspecified atom stereocenters. The summed E-state index contributed by atoms with van der Waals surface area (Å²) < 4.78 is 0. The van der Waals surface area contributed by atoms with E-state index < -0.39 is 0 Å². The minimum Gasteiger partial charge on any atom is -0.334 e. The number of pyridine rings is 1. The highest BCUT2D eigenvalue weighted by Gasteiger charge is 2.57. The summed E-state index contributed by atoms with van der Waals surface area (Å²) in [4.78, 5) is 8.38. The van der Waals surface area contributed by atoms with Crippen LogP contribution in [0.2, 0.25) is 0 Å². The number of anilines is 2. The predicted molar refractivity (Wildman–Crippen MR) is 310 cm³/mol. The summed E-state index contributed by atoms with van der Waals surface area (Å²) in [5, 5.41) is 15.0. The number of rotatable bonds is 6. The largest absolute Gasteiger partial charge is 0.334 e. The molecule has 0 bridgehead atoms. The third-order valence-corrected chi connectivity index (χ3v) is 17.6. The molecule has 1 aliphatic heterocycles. The predicted octanol–water partition coefficient (Wildman–Crippen LogP) is 19.5. The van der Waals surface area contributed by atoms with Gasteiger partial charge in [0, 0.05) is 27.9 Å².